The van der Waals surface area contributed by atoms with Gasteiger partial charge in [0.05, 0.1) is 16.3 Å². The van der Waals surface area contributed by atoms with Crippen LogP contribution in [0.4, 0.5) is 5.69 Å². The second-order valence-electron chi connectivity index (χ2n) is 4.86. The summed E-state index contributed by atoms with van der Waals surface area (Å²) in [6, 6.07) is 10.1. The van der Waals surface area contributed by atoms with Crippen molar-refractivity contribution in [1.29, 1.82) is 0 Å². The molecule has 2 aromatic rings. The van der Waals surface area contributed by atoms with Gasteiger partial charge in [0, 0.05) is 5.02 Å². The summed E-state index contributed by atoms with van der Waals surface area (Å²) in [5.74, 6) is -0.0695. The minimum atomic E-state index is -3.47. The van der Waals surface area contributed by atoms with Gasteiger partial charge in [-0.1, -0.05) is 29.8 Å². The summed E-state index contributed by atoms with van der Waals surface area (Å²) < 4.78 is 24.8. The molecule has 2 rings (SSSR count). The average molecular weight is 310 g/mol. The first kappa shape index (κ1) is 14.9. The molecule has 0 fully saturated rings. The van der Waals surface area contributed by atoms with Gasteiger partial charge < -0.3 is 5.73 Å². The highest BCUT2D eigenvalue weighted by Crippen LogP contribution is 2.26. The molecular formula is C15H16ClNO2S. The van der Waals surface area contributed by atoms with Crippen molar-refractivity contribution in [2.75, 3.05) is 5.73 Å². The lowest BCUT2D eigenvalue weighted by molar-refractivity contribution is 0.595. The van der Waals surface area contributed by atoms with Crippen LogP contribution in [0.2, 0.25) is 5.02 Å². The van der Waals surface area contributed by atoms with Crippen LogP contribution in [0.1, 0.15) is 16.7 Å². The SMILES string of the molecule is Cc1ccc(CS(=O)(=O)c2ccc(Cl)cc2N)cc1C. The summed E-state index contributed by atoms with van der Waals surface area (Å²) in [5, 5.41) is 0.424. The predicted molar refractivity (Wildman–Crippen MR) is 82.7 cm³/mol. The summed E-state index contributed by atoms with van der Waals surface area (Å²) in [6.07, 6.45) is 0. The number of aryl methyl sites for hydroxylation is 2. The van der Waals surface area contributed by atoms with E-state index in [4.69, 9.17) is 17.3 Å². The molecule has 0 radical (unpaired) electrons. The Morgan fingerprint density at radius 1 is 1.05 bits per heavy atom. The Labute approximate surface area is 124 Å². The summed E-state index contributed by atoms with van der Waals surface area (Å²) in [7, 11) is -3.47. The number of hydrogen-bond acceptors (Lipinski definition) is 3. The highest BCUT2D eigenvalue weighted by atomic mass is 35.5. The van der Waals surface area contributed by atoms with E-state index in [9.17, 15) is 8.42 Å². The van der Waals surface area contributed by atoms with Gasteiger partial charge in [-0.15, -0.1) is 0 Å². The second-order valence-corrected chi connectivity index (χ2v) is 7.25. The Hall–Kier alpha value is -1.52. The molecule has 0 aliphatic carbocycles. The maximum atomic E-state index is 12.4. The molecule has 3 nitrogen and oxygen atoms in total. The third-order valence-electron chi connectivity index (χ3n) is 3.23. The van der Waals surface area contributed by atoms with E-state index in [2.05, 4.69) is 0 Å². The van der Waals surface area contributed by atoms with Crippen LogP contribution in [0.25, 0.3) is 0 Å². The molecule has 5 heteroatoms. The van der Waals surface area contributed by atoms with Crippen LogP contribution in [0.3, 0.4) is 0 Å². The molecule has 0 amide bonds. The Balaban J connectivity index is 2.38. The van der Waals surface area contributed by atoms with Crippen molar-refractivity contribution in [1.82, 2.24) is 0 Å². The van der Waals surface area contributed by atoms with E-state index < -0.39 is 9.84 Å². The van der Waals surface area contributed by atoms with E-state index >= 15 is 0 Å². The molecule has 0 heterocycles. The van der Waals surface area contributed by atoms with Gasteiger partial charge in [0.1, 0.15) is 0 Å². The van der Waals surface area contributed by atoms with Crippen LogP contribution in [0.5, 0.6) is 0 Å². The van der Waals surface area contributed by atoms with Gasteiger partial charge >= 0.3 is 0 Å². The first-order valence-corrected chi connectivity index (χ1v) is 8.16. The molecule has 20 heavy (non-hydrogen) atoms. The zero-order valence-corrected chi connectivity index (χ0v) is 12.9. The molecule has 106 valence electrons. The van der Waals surface area contributed by atoms with E-state index in [1.54, 1.807) is 0 Å². The Morgan fingerprint density at radius 3 is 2.35 bits per heavy atom. The van der Waals surface area contributed by atoms with Crippen LogP contribution in [0, 0.1) is 13.8 Å². The van der Waals surface area contributed by atoms with Crippen molar-refractivity contribution in [3.63, 3.8) is 0 Å². The number of hydrogen-bond donors (Lipinski definition) is 1. The van der Waals surface area contributed by atoms with Gasteiger partial charge in [-0.25, -0.2) is 8.42 Å². The first-order chi connectivity index (χ1) is 9.29. The number of sulfone groups is 1. The van der Waals surface area contributed by atoms with E-state index in [-0.39, 0.29) is 16.3 Å². The van der Waals surface area contributed by atoms with Crippen molar-refractivity contribution in [3.05, 3.63) is 58.1 Å². The lowest BCUT2D eigenvalue weighted by Gasteiger charge is -2.09. The number of anilines is 1. The van der Waals surface area contributed by atoms with E-state index in [1.807, 2.05) is 32.0 Å². The standard InChI is InChI=1S/C15H16ClNO2S/c1-10-3-4-12(7-11(10)2)9-20(18,19)15-6-5-13(16)8-14(15)17/h3-8H,9,17H2,1-2H3. The van der Waals surface area contributed by atoms with Crippen molar-refractivity contribution in [3.8, 4) is 0 Å². The summed E-state index contributed by atoms with van der Waals surface area (Å²) in [6.45, 7) is 3.95. The number of halogens is 1. The molecule has 0 atom stereocenters. The fraction of sp³-hybridized carbons (Fsp3) is 0.200. The van der Waals surface area contributed by atoms with Crippen molar-refractivity contribution < 1.29 is 8.42 Å². The lowest BCUT2D eigenvalue weighted by atomic mass is 10.1. The van der Waals surface area contributed by atoms with Gasteiger partial charge in [-0.2, -0.15) is 0 Å². The van der Waals surface area contributed by atoms with Gasteiger partial charge in [0.25, 0.3) is 0 Å². The topological polar surface area (TPSA) is 60.2 Å². The van der Waals surface area contributed by atoms with E-state index in [0.717, 1.165) is 16.7 Å². The quantitative estimate of drug-likeness (QED) is 0.883. The fourth-order valence-corrected chi connectivity index (χ4v) is 3.64. The number of nitrogens with two attached hydrogens (primary N) is 1. The molecule has 0 bridgehead atoms. The van der Waals surface area contributed by atoms with E-state index in [1.165, 1.54) is 18.2 Å². The molecule has 2 N–H and O–H groups in total. The monoisotopic (exact) mass is 309 g/mol. The highest BCUT2D eigenvalue weighted by molar-refractivity contribution is 7.90. The third-order valence-corrected chi connectivity index (χ3v) is 5.23. The summed E-state index contributed by atoms with van der Waals surface area (Å²) >= 11 is 5.79. The van der Waals surface area contributed by atoms with Crippen molar-refractivity contribution >= 4 is 27.1 Å². The summed E-state index contributed by atoms with van der Waals surface area (Å²) in [4.78, 5) is 0.125. The minimum absolute atomic E-state index is 0.0695. The number of benzene rings is 2. The van der Waals surface area contributed by atoms with Crippen molar-refractivity contribution in [2.45, 2.75) is 24.5 Å². The summed E-state index contributed by atoms with van der Waals surface area (Å²) in [5.41, 5.74) is 8.89. The average Bonchev–Trinajstić information content (AvgIpc) is 2.33. The first-order valence-electron chi connectivity index (χ1n) is 6.13. The van der Waals surface area contributed by atoms with Gasteiger partial charge in [-0.3, -0.25) is 0 Å². The van der Waals surface area contributed by atoms with Crippen LogP contribution >= 0.6 is 11.6 Å². The smallest absolute Gasteiger partial charge is 0.184 e. The Bertz CT molecular complexity index is 754. The number of rotatable bonds is 3. The van der Waals surface area contributed by atoms with Gasteiger partial charge in [0.2, 0.25) is 0 Å². The van der Waals surface area contributed by atoms with Crippen LogP contribution in [-0.2, 0) is 15.6 Å². The third kappa shape index (κ3) is 3.14. The van der Waals surface area contributed by atoms with Crippen LogP contribution in [0.15, 0.2) is 41.3 Å². The van der Waals surface area contributed by atoms with Crippen molar-refractivity contribution in [2.24, 2.45) is 0 Å². The molecule has 0 aromatic heterocycles. The molecule has 2 aromatic carbocycles. The molecule has 0 aliphatic heterocycles. The molecule has 0 aliphatic rings. The van der Waals surface area contributed by atoms with Crippen LogP contribution < -0.4 is 5.73 Å². The van der Waals surface area contributed by atoms with Crippen LogP contribution in [-0.4, -0.2) is 8.42 Å². The molecule has 0 saturated carbocycles. The minimum Gasteiger partial charge on any atom is -0.398 e. The predicted octanol–water partition coefficient (Wildman–Crippen LogP) is 3.51. The van der Waals surface area contributed by atoms with E-state index in [0.29, 0.717) is 5.02 Å². The fourth-order valence-electron chi connectivity index (χ4n) is 1.99. The maximum absolute atomic E-state index is 12.4. The lowest BCUT2D eigenvalue weighted by Crippen LogP contribution is -2.08. The molecule has 0 spiro atoms. The number of nitrogen functional groups attached to an aromatic ring is 1. The largest absolute Gasteiger partial charge is 0.398 e. The molecule has 0 unspecified atom stereocenters. The molecular weight excluding hydrogens is 294 g/mol. The zero-order valence-electron chi connectivity index (χ0n) is 11.4. The molecule has 0 saturated heterocycles. The highest BCUT2D eigenvalue weighted by Gasteiger charge is 2.18. The Kier molecular flexibility index (Phi) is 4.06. The maximum Gasteiger partial charge on any atom is 0.184 e. The van der Waals surface area contributed by atoms with Gasteiger partial charge in [-0.05, 0) is 48.7 Å². The second kappa shape index (κ2) is 5.46. The Morgan fingerprint density at radius 2 is 1.75 bits per heavy atom. The normalized spacial score (nSPS) is 11.6. The zero-order chi connectivity index (χ0) is 14.9. The van der Waals surface area contributed by atoms with Gasteiger partial charge in [0.15, 0.2) is 9.84 Å².